The van der Waals surface area contributed by atoms with Gasteiger partial charge in [0.1, 0.15) is 6.07 Å². The number of nitriles is 1. The topological polar surface area (TPSA) is 76.6 Å². The molecule has 0 spiro atoms. The first-order valence-electron chi connectivity index (χ1n) is 10.3. The SMILES string of the molecule is Cc1nc(C#N)c(N2CCN(C(=O)CN3CCCC3Cc3ccccc3)CC2)o1. The molecule has 29 heavy (non-hydrogen) atoms. The van der Waals surface area contributed by atoms with Gasteiger partial charge in [-0.15, -0.1) is 0 Å². The second-order valence-corrected chi connectivity index (χ2v) is 7.82. The van der Waals surface area contributed by atoms with E-state index >= 15 is 0 Å². The highest BCUT2D eigenvalue weighted by Gasteiger charge is 2.30. The minimum absolute atomic E-state index is 0.193. The first-order valence-corrected chi connectivity index (χ1v) is 10.3. The first kappa shape index (κ1) is 19.5. The van der Waals surface area contributed by atoms with Crippen molar-refractivity contribution in [2.24, 2.45) is 0 Å². The second-order valence-electron chi connectivity index (χ2n) is 7.82. The lowest BCUT2D eigenvalue weighted by atomic mass is 10.0. The standard InChI is InChI=1S/C22H27N5O2/c1-17-24-20(15-23)22(29-17)26-12-10-25(11-13-26)21(28)16-27-9-5-8-19(27)14-18-6-3-2-4-7-18/h2-4,6-7,19H,5,8-14,16H2,1H3. The Hall–Kier alpha value is -2.85. The van der Waals surface area contributed by atoms with Crippen LogP contribution in [0.5, 0.6) is 0 Å². The third-order valence-electron chi connectivity index (χ3n) is 5.89. The summed E-state index contributed by atoms with van der Waals surface area (Å²) >= 11 is 0. The molecular formula is C22H27N5O2. The molecule has 0 radical (unpaired) electrons. The monoisotopic (exact) mass is 393 g/mol. The summed E-state index contributed by atoms with van der Waals surface area (Å²) in [5.41, 5.74) is 1.66. The van der Waals surface area contributed by atoms with Gasteiger partial charge in [0, 0.05) is 39.1 Å². The number of hydrogen-bond acceptors (Lipinski definition) is 6. The van der Waals surface area contributed by atoms with E-state index in [2.05, 4.69) is 40.2 Å². The summed E-state index contributed by atoms with van der Waals surface area (Å²) in [5.74, 6) is 1.21. The average molecular weight is 393 g/mol. The van der Waals surface area contributed by atoms with E-state index in [0.717, 1.165) is 25.8 Å². The molecule has 1 atom stereocenters. The van der Waals surface area contributed by atoms with Crippen LogP contribution in [0.1, 0.15) is 30.0 Å². The zero-order chi connectivity index (χ0) is 20.2. The predicted octanol–water partition coefficient (Wildman–Crippen LogP) is 2.21. The smallest absolute Gasteiger partial charge is 0.236 e. The second kappa shape index (κ2) is 8.66. The number of carbonyl (C=O) groups is 1. The van der Waals surface area contributed by atoms with Gasteiger partial charge in [0.15, 0.2) is 5.89 Å². The molecule has 7 nitrogen and oxygen atoms in total. The molecule has 1 aromatic heterocycles. The largest absolute Gasteiger partial charge is 0.424 e. The van der Waals surface area contributed by atoms with Crippen molar-refractivity contribution in [3.8, 4) is 6.07 Å². The highest BCUT2D eigenvalue weighted by molar-refractivity contribution is 5.78. The summed E-state index contributed by atoms with van der Waals surface area (Å²) in [6.45, 7) is 5.81. The molecule has 2 fully saturated rings. The summed E-state index contributed by atoms with van der Waals surface area (Å²) in [7, 11) is 0. The summed E-state index contributed by atoms with van der Waals surface area (Å²) < 4.78 is 5.60. The van der Waals surface area contributed by atoms with Crippen LogP contribution >= 0.6 is 0 Å². The van der Waals surface area contributed by atoms with Crippen LogP contribution in [0.25, 0.3) is 0 Å². The quantitative estimate of drug-likeness (QED) is 0.775. The number of aryl methyl sites for hydroxylation is 1. The van der Waals surface area contributed by atoms with Crippen LogP contribution in [-0.2, 0) is 11.2 Å². The number of anilines is 1. The summed E-state index contributed by atoms with van der Waals surface area (Å²) in [6, 6.07) is 13.1. The molecule has 1 aromatic carbocycles. The normalized spacial score (nSPS) is 20.1. The fraction of sp³-hybridized carbons (Fsp3) is 0.500. The van der Waals surface area contributed by atoms with E-state index in [4.69, 9.17) is 4.42 Å². The number of nitrogens with zero attached hydrogens (tertiary/aromatic N) is 5. The van der Waals surface area contributed by atoms with E-state index in [0.29, 0.717) is 56.2 Å². The van der Waals surface area contributed by atoms with Crippen LogP contribution in [0.4, 0.5) is 5.88 Å². The molecule has 1 amide bonds. The maximum Gasteiger partial charge on any atom is 0.236 e. The van der Waals surface area contributed by atoms with Gasteiger partial charge in [0.25, 0.3) is 0 Å². The van der Waals surface area contributed by atoms with Crippen LogP contribution in [0.3, 0.4) is 0 Å². The molecule has 152 valence electrons. The molecule has 1 unspecified atom stereocenters. The highest BCUT2D eigenvalue weighted by atomic mass is 16.4. The van der Waals surface area contributed by atoms with Crippen molar-refractivity contribution in [2.45, 2.75) is 32.2 Å². The van der Waals surface area contributed by atoms with Crippen molar-refractivity contribution in [1.82, 2.24) is 14.8 Å². The van der Waals surface area contributed by atoms with E-state index in [1.807, 2.05) is 15.9 Å². The molecule has 0 saturated carbocycles. The Morgan fingerprint density at radius 2 is 1.97 bits per heavy atom. The fourth-order valence-electron chi connectivity index (χ4n) is 4.36. The van der Waals surface area contributed by atoms with Gasteiger partial charge in [-0.2, -0.15) is 5.26 Å². The van der Waals surface area contributed by atoms with Crippen molar-refractivity contribution in [3.05, 3.63) is 47.5 Å². The summed E-state index contributed by atoms with van der Waals surface area (Å²) in [6.07, 6.45) is 3.31. The Morgan fingerprint density at radius 1 is 1.21 bits per heavy atom. The lowest BCUT2D eigenvalue weighted by Crippen LogP contribution is -2.52. The van der Waals surface area contributed by atoms with Crippen LogP contribution in [0.2, 0.25) is 0 Å². The van der Waals surface area contributed by atoms with Gasteiger partial charge in [-0.1, -0.05) is 30.3 Å². The number of aromatic nitrogens is 1. The number of rotatable bonds is 5. The molecule has 2 aliphatic rings. The van der Waals surface area contributed by atoms with Crippen molar-refractivity contribution >= 4 is 11.8 Å². The molecule has 0 aliphatic carbocycles. The molecule has 2 aromatic rings. The van der Waals surface area contributed by atoms with Crippen LogP contribution < -0.4 is 4.90 Å². The summed E-state index contributed by atoms with van der Waals surface area (Å²) in [4.78, 5) is 23.3. The Bertz CT molecular complexity index is 880. The number of oxazole rings is 1. The molecule has 0 N–H and O–H groups in total. The van der Waals surface area contributed by atoms with E-state index in [1.54, 1.807) is 6.92 Å². The molecule has 0 bridgehead atoms. The van der Waals surface area contributed by atoms with E-state index in [-0.39, 0.29) is 5.91 Å². The van der Waals surface area contributed by atoms with Crippen molar-refractivity contribution in [1.29, 1.82) is 5.26 Å². The van der Waals surface area contributed by atoms with E-state index in [9.17, 15) is 10.1 Å². The molecule has 2 saturated heterocycles. The molecule has 2 aliphatic heterocycles. The molecule has 4 rings (SSSR count). The van der Waals surface area contributed by atoms with Gasteiger partial charge in [-0.05, 0) is 31.4 Å². The number of hydrogen-bond donors (Lipinski definition) is 0. The van der Waals surface area contributed by atoms with Crippen LogP contribution in [0.15, 0.2) is 34.7 Å². The van der Waals surface area contributed by atoms with Gasteiger partial charge in [0.05, 0.1) is 6.54 Å². The van der Waals surface area contributed by atoms with Crippen molar-refractivity contribution in [2.75, 3.05) is 44.2 Å². The molecular weight excluding hydrogens is 366 g/mol. The lowest BCUT2D eigenvalue weighted by molar-refractivity contribution is -0.133. The highest BCUT2D eigenvalue weighted by Crippen LogP contribution is 2.24. The predicted molar refractivity (Wildman–Crippen MR) is 109 cm³/mol. The zero-order valence-corrected chi connectivity index (χ0v) is 16.9. The fourth-order valence-corrected chi connectivity index (χ4v) is 4.36. The van der Waals surface area contributed by atoms with Crippen LogP contribution in [-0.4, -0.2) is 66.0 Å². The number of piperazine rings is 1. The van der Waals surface area contributed by atoms with Gasteiger partial charge in [-0.25, -0.2) is 4.98 Å². The average Bonchev–Trinajstić information content (AvgIpc) is 3.34. The minimum atomic E-state index is 0.193. The number of carbonyl (C=O) groups excluding carboxylic acids is 1. The number of amides is 1. The van der Waals surface area contributed by atoms with Gasteiger partial charge in [0.2, 0.25) is 17.5 Å². The first-order chi connectivity index (χ1) is 14.1. The Labute approximate surface area is 171 Å². The van der Waals surface area contributed by atoms with Crippen LogP contribution in [0, 0.1) is 18.3 Å². The Kier molecular flexibility index (Phi) is 5.81. The van der Waals surface area contributed by atoms with E-state index in [1.165, 1.54) is 5.56 Å². The zero-order valence-electron chi connectivity index (χ0n) is 16.9. The van der Waals surface area contributed by atoms with Crippen molar-refractivity contribution in [3.63, 3.8) is 0 Å². The van der Waals surface area contributed by atoms with Crippen molar-refractivity contribution < 1.29 is 9.21 Å². The summed E-state index contributed by atoms with van der Waals surface area (Å²) in [5, 5.41) is 9.22. The lowest BCUT2D eigenvalue weighted by Gasteiger charge is -2.36. The minimum Gasteiger partial charge on any atom is -0.424 e. The Balaban J connectivity index is 1.31. The molecule has 3 heterocycles. The van der Waals surface area contributed by atoms with Gasteiger partial charge in [-0.3, -0.25) is 9.69 Å². The third kappa shape index (κ3) is 4.43. The van der Waals surface area contributed by atoms with Gasteiger partial charge >= 0.3 is 0 Å². The maximum atomic E-state index is 12.9. The molecule has 7 heteroatoms. The Morgan fingerprint density at radius 3 is 2.69 bits per heavy atom. The maximum absolute atomic E-state index is 12.9. The van der Waals surface area contributed by atoms with E-state index < -0.39 is 0 Å². The van der Waals surface area contributed by atoms with Gasteiger partial charge < -0.3 is 14.2 Å². The number of benzene rings is 1. The third-order valence-corrected chi connectivity index (χ3v) is 5.89. The number of likely N-dealkylation sites (tertiary alicyclic amines) is 1.